The van der Waals surface area contributed by atoms with Crippen LogP contribution < -0.4 is 0 Å². The summed E-state index contributed by atoms with van der Waals surface area (Å²) in [7, 11) is 0. The Balaban J connectivity index is 2.62. The molecule has 0 aliphatic carbocycles. The molecule has 1 aliphatic heterocycles. The van der Waals surface area contributed by atoms with Crippen LogP contribution in [-0.4, -0.2) is 29.7 Å². The largest absolute Gasteiger partial charge is 0.343 e. The minimum absolute atomic E-state index is 0.0962. The van der Waals surface area contributed by atoms with E-state index in [9.17, 15) is 9.59 Å². The fourth-order valence-corrected chi connectivity index (χ4v) is 2.26. The van der Waals surface area contributed by atoms with Crippen LogP contribution in [0.25, 0.3) is 0 Å². The number of piperidine rings is 1. The van der Waals surface area contributed by atoms with Gasteiger partial charge in [0.15, 0.2) is 0 Å². The first-order valence-electron chi connectivity index (χ1n) is 5.66. The third-order valence-corrected chi connectivity index (χ3v) is 3.43. The van der Waals surface area contributed by atoms with E-state index in [-0.39, 0.29) is 17.2 Å². The molecule has 1 rings (SSSR count). The lowest BCUT2D eigenvalue weighted by Crippen LogP contribution is -2.45. The van der Waals surface area contributed by atoms with Gasteiger partial charge in [0.1, 0.15) is 5.78 Å². The van der Waals surface area contributed by atoms with Crippen LogP contribution in [-0.2, 0) is 9.59 Å². The van der Waals surface area contributed by atoms with E-state index >= 15 is 0 Å². The molecular weight excluding hydrogens is 190 g/mol. The minimum Gasteiger partial charge on any atom is -0.343 e. The van der Waals surface area contributed by atoms with Crippen molar-refractivity contribution in [1.29, 1.82) is 0 Å². The Hall–Kier alpha value is -0.860. The molecule has 1 fully saturated rings. The van der Waals surface area contributed by atoms with Crippen LogP contribution in [0, 0.1) is 11.3 Å². The number of hydrogen-bond donors (Lipinski definition) is 0. The maximum absolute atomic E-state index is 12.0. The zero-order valence-electron chi connectivity index (χ0n) is 10.2. The van der Waals surface area contributed by atoms with Crippen molar-refractivity contribution in [3.05, 3.63) is 0 Å². The van der Waals surface area contributed by atoms with Gasteiger partial charge in [-0.15, -0.1) is 0 Å². The number of Topliss-reactive ketones (excluding diaryl/α,β-unsaturated/α-hetero) is 1. The highest BCUT2D eigenvalue weighted by Gasteiger charge is 2.38. The van der Waals surface area contributed by atoms with E-state index in [1.807, 2.05) is 25.7 Å². The van der Waals surface area contributed by atoms with E-state index in [1.54, 1.807) is 6.92 Å². The van der Waals surface area contributed by atoms with Crippen LogP contribution in [0.4, 0.5) is 0 Å². The van der Waals surface area contributed by atoms with Crippen LogP contribution in [0.15, 0.2) is 0 Å². The van der Waals surface area contributed by atoms with E-state index in [0.717, 1.165) is 25.9 Å². The molecule has 1 saturated heterocycles. The normalized spacial score (nSPS) is 20.5. The molecule has 1 amide bonds. The summed E-state index contributed by atoms with van der Waals surface area (Å²) < 4.78 is 0. The zero-order valence-corrected chi connectivity index (χ0v) is 10.2. The van der Waals surface area contributed by atoms with Gasteiger partial charge in [-0.2, -0.15) is 0 Å². The Labute approximate surface area is 91.8 Å². The predicted molar refractivity (Wildman–Crippen MR) is 59.4 cm³/mol. The molecule has 0 atom stereocenters. The molecule has 15 heavy (non-hydrogen) atoms. The first kappa shape index (κ1) is 12.2. The smallest absolute Gasteiger partial charge is 0.219 e. The summed E-state index contributed by atoms with van der Waals surface area (Å²) >= 11 is 0. The maximum Gasteiger partial charge on any atom is 0.219 e. The molecule has 1 heterocycles. The van der Waals surface area contributed by atoms with Crippen LogP contribution in [0.3, 0.4) is 0 Å². The van der Waals surface area contributed by atoms with Crippen LogP contribution >= 0.6 is 0 Å². The van der Waals surface area contributed by atoms with E-state index in [0.29, 0.717) is 5.78 Å². The lowest BCUT2D eigenvalue weighted by molar-refractivity contribution is -0.139. The number of ketones is 1. The molecule has 3 heteroatoms. The molecule has 0 radical (unpaired) electrons. The van der Waals surface area contributed by atoms with Crippen molar-refractivity contribution < 1.29 is 9.59 Å². The average Bonchev–Trinajstić information content (AvgIpc) is 2.17. The molecule has 0 aromatic carbocycles. The highest BCUT2D eigenvalue weighted by Crippen LogP contribution is 2.34. The van der Waals surface area contributed by atoms with Crippen LogP contribution in [0.5, 0.6) is 0 Å². The molecular formula is C12H21NO2. The summed E-state index contributed by atoms with van der Waals surface area (Å²) in [5.74, 6) is 0.554. The van der Waals surface area contributed by atoms with Gasteiger partial charge in [0, 0.05) is 31.3 Å². The molecule has 86 valence electrons. The molecule has 0 N–H and O–H groups in total. The Bertz CT molecular complexity index is 263. The number of rotatable bonds is 2. The second kappa shape index (κ2) is 4.33. The summed E-state index contributed by atoms with van der Waals surface area (Å²) in [5, 5.41) is 0. The monoisotopic (exact) mass is 211 g/mol. The third-order valence-electron chi connectivity index (χ3n) is 3.43. The van der Waals surface area contributed by atoms with Gasteiger partial charge >= 0.3 is 0 Å². The lowest BCUT2D eigenvalue weighted by Gasteiger charge is -2.38. The second-order valence-corrected chi connectivity index (χ2v) is 5.09. The zero-order chi connectivity index (χ0) is 11.6. The molecule has 0 spiro atoms. The standard InChI is InChI=1S/C12H21NO2/c1-9(2)11(15)12(4)5-7-13(8-6-12)10(3)14/h9H,5-8H2,1-4H3. The van der Waals surface area contributed by atoms with Gasteiger partial charge in [0.2, 0.25) is 5.91 Å². The van der Waals surface area contributed by atoms with Crippen molar-refractivity contribution in [3.63, 3.8) is 0 Å². The summed E-state index contributed by atoms with van der Waals surface area (Å²) in [6.07, 6.45) is 1.62. The molecule has 0 aromatic rings. The van der Waals surface area contributed by atoms with E-state index in [1.165, 1.54) is 0 Å². The predicted octanol–water partition coefficient (Wildman–Crippen LogP) is 1.86. The van der Waals surface area contributed by atoms with Crippen LogP contribution in [0.1, 0.15) is 40.5 Å². The van der Waals surface area contributed by atoms with Gasteiger partial charge < -0.3 is 4.90 Å². The molecule has 0 aromatic heterocycles. The van der Waals surface area contributed by atoms with E-state index in [2.05, 4.69) is 0 Å². The molecule has 0 saturated carbocycles. The number of hydrogen-bond acceptors (Lipinski definition) is 2. The molecule has 3 nitrogen and oxygen atoms in total. The molecule has 0 bridgehead atoms. The first-order chi connectivity index (χ1) is 6.87. The third kappa shape index (κ3) is 2.58. The van der Waals surface area contributed by atoms with E-state index < -0.39 is 0 Å². The molecule has 1 aliphatic rings. The summed E-state index contributed by atoms with van der Waals surface area (Å²) in [4.78, 5) is 25.0. The summed E-state index contributed by atoms with van der Waals surface area (Å²) in [5.41, 5.74) is -0.208. The Morgan fingerprint density at radius 2 is 1.67 bits per heavy atom. The fraction of sp³-hybridized carbons (Fsp3) is 0.833. The van der Waals surface area contributed by atoms with Crippen LogP contribution in [0.2, 0.25) is 0 Å². The number of carbonyl (C=O) groups excluding carboxylic acids is 2. The molecule has 0 unspecified atom stereocenters. The Kier molecular flexibility index (Phi) is 3.53. The Morgan fingerprint density at radius 1 is 1.20 bits per heavy atom. The van der Waals surface area contributed by atoms with Crippen molar-refractivity contribution in [1.82, 2.24) is 4.90 Å². The minimum atomic E-state index is -0.208. The van der Waals surface area contributed by atoms with Gasteiger partial charge in [-0.3, -0.25) is 9.59 Å². The second-order valence-electron chi connectivity index (χ2n) is 5.09. The van der Waals surface area contributed by atoms with Gasteiger partial charge in [-0.25, -0.2) is 0 Å². The van der Waals surface area contributed by atoms with Gasteiger partial charge in [-0.1, -0.05) is 20.8 Å². The van der Waals surface area contributed by atoms with Gasteiger partial charge in [-0.05, 0) is 12.8 Å². The van der Waals surface area contributed by atoms with Crippen molar-refractivity contribution in [2.24, 2.45) is 11.3 Å². The van der Waals surface area contributed by atoms with Crippen molar-refractivity contribution in [2.45, 2.75) is 40.5 Å². The lowest BCUT2D eigenvalue weighted by atomic mass is 9.73. The number of carbonyl (C=O) groups is 2. The highest BCUT2D eigenvalue weighted by molar-refractivity contribution is 5.86. The topological polar surface area (TPSA) is 37.4 Å². The number of amides is 1. The highest BCUT2D eigenvalue weighted by atomic mass is 16.2. The van der Waals surface area contributed by atoms with Crippen molar-refractivity contribution in [2.75, 3.05) is 13.1 Å². The number of likely N-dealkylation sites (tertiary alicyclic amines) is 1. The Morgan fingerprint density at radius 3 is 2.00 bits per heavy atom. The quantitative estimate of drug-likeness (QED) is 0.699. The fourth-order valence-electron chi connectivity index (χ4n) is 2.26. The number of nitrogens with zero attached hydrogens (tertiary/aromatic N) is 1. The average molecular weight is 211 g/mol. The van der Waals surface area contributed by atoms with Crippen molar-refractivity contribution >= 4 is 11.7 Å². The summed E-state index contributed by atoms with van der Waals surface area (Å²) in [6.45, 7) is 8.98. The van der Waals surface area contributed by atoms with Gasteiger partial charge in [0.05, 0.1) is 0 Å². The first-order valence-corrected chi connectivity index (χ1v) is 5.66. The van der Waals surface area contributed by atoms with Crippen molar-refractivity contribution in [3.8, 4) is 0 Å². The maximum atomic E-state index is 12.0. The summed E-state index contributed by atoms with van der Waals surface area (Å²) in [6, 6.07) is 0. The SMILES string of the molecule is CC(=O)N1CCC(C)(C(=O)C(C)C)CC1. The van der Waals surface area contributed by atoms with E-state index in [4.69, 9.17) is 0 Å². The van der Waals surface area contributed by atoms with Gasteiger partial charge in [0.25, 0.3) is 0 Å².